The molecule has 0 radical (unpaired) electrons. The fourth-order valence-electron chi connectivity index (χ4n) is 0.582. The Balaban J connectivity index is 3.73. The molecule has 0 aromatic rings. The zero-order valence-corrected chi connectivity index (χ0v) is 6.96. The Hall–Kier alpha value is -1.03. The topological polar surface area (TPSA) is 89.2 Å². The lowest BCUT2D eigenvalue weighted by Gasteiger charge is -2.11. The molecule has 0 saturated heterocycles. The van der Waals surface area contributed by atoms with Gasteiger partial charge in [-0.25, -0.2) is 0 Å². The highest BCUT2D eigenvalue weighted by molar-refractivity contribution is 4.92. The number of nitrogens with zero attached hydrogens (tertiary/aromatic N) is 3. The molecule has 5 nitrogen and oxygen atoms in total. The second kappa shape index (κ2) is 6.67. The van der Waals surface area contributed by atoms with E-state index < -0.39 is 6.10 Å². The highest BCUT2D eigenvalue weighted by Gasteiger charge is 2.07. The molecule has 0 aliphatic rings. The van der Waals surface area contributed by atoms with Crippen LogP contribution in [0.4, 0.5) is 0 Å². The molecule has 0 amide bonds. The zero-order valence-electron chi connectivity index (χ0n) is 6.96. The highest BCUT2D eigenvalue weighted by atomic mass is 16.3. The average Bonchev–Trinajstić information content (AvgIpc) is 2.10. The molecule has 0 aliphatic carbocycles. The smallest absolute Gasteiger partial charge is 0.0768 e. The molecule has 0 heterocycles. The molecule has 12 heavy (non-hydrogen) atoms. The Morgan fingerprint density at radius 1 is 1.67 bits per heavy atom. The van der Waals surface area contributed by atoms with Gasteiger partial charge in [-0.15, -0.1) is 0 Å². The molecule has 0 aromatic carbocycles. The van der Waals surface area contributed by atoms with E-state index >= 15 is 0 Å². The first kappa shape index (κ1) is 11.0. The number of azide groups is 1. The Bertz CT molecular complexity index is 187. The fourth-order valence-corrected chi connectivity index (χ4v) is 0.582. The van der Waals surface area contributed by atoms with E-state index in [1.165, 1.54) is 6.08 Å². The third kappa shape index (κ3) is 4.73. The second-order valence-corrected chi connectivity index (χ2v) is 2.49. The zero-order chi connectivity index (χ0) is 9.40. The summed E-state index contributed by atoms with van der Waals surface area (Å²) in [7, 11) is 0. The molecule has 0 rings (SSSR count). The quantitative estimate of drug-likeness (QED) is 0.278. The lowest BCUT2D eigenvalue weighted by atomic mass is 10.1. The number of rotatable bonds is 5. The van der Waals surface area contributed by atoms with Gasteiger partial charge in [0.1, 0.15) is 0 Å². The van der Waals surface area contributed by atoms with Gasteiger partial charge in [0.2, 0.25) is 0 Å². The van der Waals surface area contributed by atoms with E-state index in [0.29, 0.717) is 0 Å². The van der Waals surface area contributed by atoms with Gasteiger partial charge in [-0.05, 0) is 5.53 Å². The standard InChI is InChI=1S/C7H13N3O2/c1-6(5-11)7(12)3-2-4-9-10-8/h2-3,6-7,11-12H,4-5H2,1H3/b3-2+/t6-,7+/m0/s1. The molecule has 68 valence electrons. The van der Waals surface area contributed by atoms with Gasteiger partial charge in [-0.3, -0.25) is 0 Å². The van der Waals surface area contributed by atoms with Crippen LogP contribution >= 0.6 is 0 Å². The van der Waals surface area contributed by atoms with Crippen LogP contribution in [0.15, 0.2) is 17.3 Å². The number of hydrogen-bond acceptors (Lipinski definition) is 3. The molecule has 0 bridgehead atoms. The predicted molar refractivity (Wildman–Crippen MR) is 45.4 cm³/mol. The maximum atomic E-state index is 9.24. The summed E-state index contributed by atoms with van der Waals surface area (Å²) < 4.78 is 0. The lowest BCUT2D eigenvalue weighted by Crippen LogP contribution is -2.18. The van der Waals surface area contributed by atoms with E-state index in [2.05, 4.69) is 10.0 Å². The molecule has 0 aromatic heterocycles. The Morgan fingerprint density at radius 2 is 2.33 bits per heavy atom. The van der Waals surface area contributed by atoms with Crippen LogP contribution < -0.4 is 0 Å². The van der Waals surface area contributed by atoms with Crippen LogP contribution in [0, 0.1) is 5.92 Å². The van der Waals surface area contributed by atoms with Crippen molar-refractivity contribution in [2.45, 2.75) is 13.0 Å². The molecular formula is C7H13N3O2. The van der Waals surface area contributed by atoms with Crippen LogP contribution in [-0.4, -0.2) is 29.5 Å². The van der Waals surface area contributed by atoms with Gasteiger partial charge < -0.3 is 10.2 Å². The number of hydrogen-bond donors (Lipinski definition) is 2. The minimum atomic E-state index is -0.677. The van der Waals surface area contributed by atoms with Crippen molar-refractivity contribution in [3.63, 3.8) is 0 Å². The molecule has 0 spiro atoms. The van der Waals surface area contributed by atoms with Crippen molar-refractivity contribution in [1.29, 1.82) is 0 Å². The largest absolute Gasteiger partial charge is 0.396 e. The van der Waals surface area contributed by atoms with Crippen LogP contribution in [0.3, 0.4) is 0 Å². The van der Waals surface area contributed by atoms with E-state index in [1.54, 1.807) is 13.0 Å². The first-order chi connectivity index (χ1) is 5.72. The van der Waals surface area contributed by atoms with Crippen molar-refractivity contribution < 1.29 is 10.2 Å². The summed E-state index contributed by atoms with van der Waals surface area (Å²) in [6, 6.07) is 0. The first-order valence-electron chi connectivity index (χ1n) is 3.68. The van der Waals surface area contributed by atoms with Crippen molar-refractivity contribution in [2.24, 2.45) is 11.0 Å². The van der Waals surface area contributed by atoms with Crippen molar-refractivity contribution >= 4 is 0 Å². The maximum Gasteiger partial charge on any atom is 0.0768 e. The molecular weight excluding hydrogens is 158 g/mol. The Morgan fingerprint density at radius 3 is 2.83 bits per heavy atom. The summed E-state index contributed by atoms with van der Waals surface area (Å²) in [6.45, 7) is 1.89. The van der Waals surface area contributed by atoms with Crippen LogP contribution in [0.1, 0.15) is 6.92 Å². The average molecular weight is 171 g/mol. The minimum Gasteiger partial charge on any atom is -0.396 e. The number of aliphatic hydroxyl groups excluding tert-OH is 2. The van der Waals surface area contributed by atoms with Crippen molar-refractivity contribution in [3.05, 3.63) is 22.6 Å². The molecule has 0 unspecified atom stereocenters. The van der Waals surface area contributed by atoms with Gasteiger partial charge in [0.05, 0.1) is 6.10 Å². The van der Waals surface area contributed by atoms with Crippen LogP contribution in [0.5, 0.6) is 0 Å². The van der Waals surface area contributed by atoms with Gasteiger partial charge >= 0.3 is 0 Å². The van der Waals surface area contributed by atoms with Crippen LogP contribution in [0.25, 0.3) is 10.4 Å². The molecule has 0 saturated carbocycles. The first-order valence-corrected chi connectivity index (χ1v) is 3.68. The van der Waals surface area contributed by atoms with Gasteiger partial charge in [-0.1, -0.05) is 24.2 Å². The van der Waals surface area contributed by atoms with Crippen molar-refractivity contribution in [3.8, 4) is 0 Å². The monoisotopic (exact) mass is 171 g/mol. The summed E-state index contributed by atoms with van der Waals surface area (Å²) in [4.78, 5) is 2.54. The van der Waals surface area contributed by atoms with E-state index in [-0.39, 0.29) is 19.1 Å². The third-order valence-electron chi connectivity index (χ3n) is 1.45. The van der Waals surface area contributed by atoms with E-state index in [0.717, 1.165) is 0 Å². The SMILES string of the molecule is C[C@@H](CO)[C@H](O)/C=C/CN=[N+]=[N-]. The number of aliphatic hydroxyl groups is 2. The van der Waals surface area contributed by atoms with Gasteiger partial charge in [0.25, 0.3) is 0 Å². The van der Waals surface area contributed by atoms with Crippen LogP contribution in [-0.2, 0) is 0 Å². The molecule has 5 heteroatoms. The van der Waals surface area contributed by atoms with Crippen molar-refractivity contribution in [2.75, 3.05) is 13.2 Å². The summed E-state index contributed by atoms with van der Waals surface area (Å²) in [5.41, 5.74) is 7.91. The molecule has 2 N–H and O–H groups in total. The van der Waals surface area contributed by atoms with Crippen molar-refractivity contribution in [1.82, 2.24) is 0 Å². The summed E-state index contributed by atoms with van der Waals surface area (Å²) in [5.74, 6) is -0.188. The summed E-state index contributed by atoms with van der Waals surface area (Å²) in [5, 5.41) is 21.1. The van der Waals surface area contributed by atoms with Gasteiger partial charge in [0.15, 0.2) is 0 Å². The second-order valence-electron chi connectivity index (χ2n) is 2.49. The van der Waals surface area contributed by atoms with Gasteiger partial charge in [-0.2, -0.15) is 0 Å². The summed E-state index contributed by atoms with van der Waals surface area (Å²) in [6.07, 6.45) is 2.40. The fraction of sp³-hybridized carbons (Fsp3) is 0.714. The van der Waals surface area contributed by atoms with Gasteiger partial charge in [0, 0.05) is 24.0 Å². The molecule has 2 atom stereocenters. The highest BCUT2D eigenvalue weighted by Crippen LogP contribution is 2.02. The lowest BCUT2D eigenvalue weighted by molar-refractivity contribution is 0.111. The molecule has 0 fully saturated rings. The van der Waals surface area contributed by atoms with E-state index in [9.17, 15) is 5.11 Å². The minimum absolute atomic E-state index is 0.0625. The maximum absolute atomic E-state index is 9.24. The van der Waals surface area contributed by atoms with Crippen LogP contribution in [0.2, 0.25) is 0 Å². The predicted octanol–water partition coefficient (Wildman–Crippen LogP) is 0.842. The van der Waals surface area contributed by atoms with E-state index in [1.807, 2.05) is 0 Å². The summed E-state index contributed by atoms with van der Waals surface area (Å²) >= 11 is 0. The Kier molecular flexibility index (Phi) is 6.09. The Labute approximate surface area is 71.0 Å². The third-order valence-corrected chi connectivity index (χ3v) is 1.45. The normalized spacial score (nSPS) is 15.6. The molecule has 0 aliphatic heterocycles. The van der Waals surface area contributed by atoms with E-state index in [4.69, 9.17) is 10.6 Å².